The molecule has 2 fully saturated rings. The first-order chi connectivity index (χ1) is 14.4. The van der Waals surface area contributed by atoms with E-state index >= 15 is 0 Å². The highest BCUT2D eigenvalue weighted by molar-refractivity contribution is 5.81. The third kappa shape index (κ3) is 5.09. The minimum absolute atomic E-state index is 0.0145. The zero-order chi connectivity index (χ0) is 21.1. The number of rotatable bonds is 5. The Bertz CT molecular complexity index is 855. The SMILES string of the molecule is Cc1ccc(CNC(=O)[C@H]2CN(C)CC3(CCN(Cc4cnn(C)c4)CC3)O2)cc1. The number of hydrogen-bond acceptors (Lipinski definition) is 5. The number of piperidine rings is 1. The Hall–Kier alpha value is -2.22. The van der Waals surface area contributed by atoms with Crippen LogP contribution in [0.5, 0.6) is 0 Å². The largest absolute Gasteiger partial charge is 0.359 e. The van der Waals surface area contributed by atoms with Gasteiger partial charge in [-0.2, -0.15) is 5.10 Å². The third-order valence-electron chi connectivity index (χ3n) is 6.24. The van der Waals surface area contributed by atoms with Crippen LogP contribution >= 0.6 is 0 Å². The monoisotopic (exact) mass is 411 g/mol. The van der Waals surface area contributed by atoms with E-state index in [4.69, 9.17) is 4.74 Å². The number of benzene rings is 1. The second-order valence-corrected chi connectivity index (χ2v) is 8.99. The van der Waals surface area contributed by atoms with Crippen molar-refractivity contribution in [2.24, 2.45) is 7.05 Å². The Balaban J connectivity index is 1.31. The van der Waals surface area contributed by atoms with Gasteiger partial charge in [-0.05, 0) is 32.4 Å². The number of aryl methyl sites for hydroxylation is 2. The molecule has 2 aromatic rings. The van der Waals surface area contributed by atoms with E-state index in [1.807, 2.05) is 17.9 Å². The van der Waals surface area contributed by atoms with Gasteiger partial charge in [0.15, 0.2) is 0 Å². The summed E-state index contributed by atoms with van der Waals surface area (Å²) in [6, 6.07) is 8.26. The first-order valence-corrected chi connectivity index (χ1v) is 10.8. The number of nitrogens with zero attached hydrogens (tertiary/aromatic N) is 4. The molecule has 0 aliphatic carbocycles. The van der Waals surface area contributed by atoms with Gasteiger partial charge in [-0.3, -0.25) is 14.4 Å². The smallest absolute Gasteiger partial charge is 0.250 e. The summed E-state index contributed by atoms with van der Waals surface area (Å²) in [6.07, 6.45) is 5.48. The molecule has 1 N–H and O–H groups in total. The summed E-state index contributed by atoms with van der Waals surface area (Å²) in [6.45, 7) is 6.99. The van der Waals surface area contributed by atoms with Crippen LogP contribution in [0.25, 0.3) is 0 Å². The molecule has 0 radical (unpaired) electrons. The van der Waals surface area contributed by atoms with Crippen LogP contribution in [0.2, 0.25) is 0 Å². The molecule has 7 nitrogen and oxygen atoms in total. The number of carbonyl (C=O) groups is 1. The number of nitrogens with one attached hydrogen (secondary N) is 1. The Labute approximate surface area is 179 Å². The highest BCUT2D eigenvalue weighted by atomic mass is 16.5. The molecule has 1 aromatic carbocycles. The lowest BCUT2D eigenvalue weighted by Gasteiger charge is -2.48. The van der Waals surface area contributed by atoms with Crippen molar-refractivity contribution in [2.75, 3.05) is 33.2 Å². The molecule has 2 saturated heterocycles. The number of amides is 1. The van der Waals surface area contributed by atoms with Crippen LogP contribution in [0.4, 0.5) is 0 Å². The molecule has 0 unspecified atom stereocenters. The number of likely N-dealkylation sites (tertiary alicyclic amines) is 1. The van der Waals surface area contributed by atoms with Crippen molar-refractivity contribution in [3.8, 4) is 0 Å². The number of ether oxygens (including phenoxy) is 1. The van der Waals surface area contributed by atoms with Gasteiger partial charge in [0, 0.05) is 58.1 Å². The van der Waals surface area contributed by atoms with E-state index < -0.39 is 6.10 Å². The van der Waals surface area contributed by atoms with E-state index in [0.717, 1.165) is 44.6 Å². The van der Waals surface area contributed by atoms with Gasteiger partial charge in [-0.25, -0.2) is 0 Å². The summed E-state index contributed by atoms with van der Waals surface area (Å²) in [5, 5.41) is 7.33. The summed E-state index contributed by atoms with van der Waals surface area (Å²) in [5.74, 6) is -0.0145. The topological polar surface area (TPSA) is 62.6 Å². The van der Waals surface area contributed by atoms with Gasteiger partial charge >= 0.3 is 0 Å². The van der Waals surface area contributed by atoms with Gasteiger partial charge in [-0.15, -0.1) is 0 Å². The maximum absolute atomic E-state index is 12.8. The van der Waals surface area contributed by atoms with Crippen molar-refractivity contribution in [2.45, 2.75) is 44.6 Å². The molecule has 7 heteroatoms. The summed E-state index contributed by atoms with van der Waals surface area (Å²) in [4.78, 5) is 17.5. The molecule has 0 saturated carbocycles. The van der Waals surface area contributed by atoms with Crippen molar-refractivity contribution in [1.82, 2.24) is 24.9 Å². The van der Waals surface area contributed by atoms with Gasteiger partial charge in [0.1, 0.15) is 6.10 Å². The van der Waals surface area contributed by atoms with Crippen LogP contribution in [0.1, 0.15) is 29.5 Å². The highest BCUT2D eigenvalue weighted by Crippen LogP contribution is 2.32. The van der Waals surface area contributed by atoms with Crippen molar-refractivity contribution in [1.29, 1.82) is 0 Å². The molecule has 1 atom stereocenters. The highest BCUT2D eigenvalue weighted by Gasteiger charge is 2.44. The first kappa shape index (κ1) is 21.0. The second-order valence-electron chi connectivity index (χ2n) is 8.99. The average molecular weight is 412 g/mol. The summed E-state index contributed by atoms with van der Waals surface area (Å²) >= 11 is 0. The Morgan fingerprint density at radius 3 is 2.60 bits per heavy atom. The normalized spacial score (nSPS) is 22.3. The average Bonchev–Trinajstić information content (AvgIpc) is 3.13. The first-order valence-electron chi connectivity index (χ1n) is 10.8. The Morgan fingerprint density at radius 1 is 1.20 bits per heavy atom. The fourth-order valence-electron chi connectivity index (χ4n) is 4.57. The van der Waals surface area contributed by atoms with E-state index in [9.17, 15) is 4.79 Å². The van der Waals surface area contributed by atoms with Crippen LogP contribution in [0.15, 0.2) is 36.7 Å². The molecule has 3 heterocycles. The number of hydrogen-bond donors (Lipinski definition) is 1. The second kappa shape index (κ2) is 8.88. The lowest BCUT2D eigenvalue weighted by molar-refractivity contribution is -0.182. The van der Waals surface area contributed by atoms with Gasteiger partial charge in [0.05, 0.1) is 11.8 Å². The zero-order valence-corrected chi connectivity index (χ0v) is 18.3. The lowest BCUT2D eigenvalue weighted by Crippen LogP contribution is -2.61. The molecule has 1 spiro atoms. The van der Waals surface area contributed by atoms with Crippen molar-refractivity contribution < 1.29 is 9.53 Å². The van der Waals surface area contributed by atoms with Gasteiger partial charge < -0.3 is 15.0 Å². The third-order valence-corrected chi connectivity index (χ3v) is 6.24. The predicted octanol–water partition coefficient (Wildman–Crippen LogP) is 1.71. The fraction of sp³-hybridized carbons (Fsp3) is 0.565. The molecular weight excluding hydrogens is 378 g/mol. The maximum Gasteiger partial charge on any atom is 0.250 e. The van der Waals surface area contributed by atoms with E-state index in [0.29, 0.717) is 13.1 Å². The van der Waals surface area contributed by atoms with Crippen LogP contribution in [0, 0.1) is 6.92 Å². The molecule has 1 amide bonds. The van der Waals surface area contributed by atoms with Crippen molar-refractivity contribution in [3.63, 3.8) is 0 Å². The Kier molecular flexibility index (Phi) is 6.22. The molecule has 2 aliphatic rings. The molecular formula is C23H33N5O2. The number of likely N-dealkylation sites (N-methyl/N-ethyl adjacent to an activating group) is 1. The van der Waals surface area contributed by atoms with E-state index in [-0.39, 0.29) is 11.5 Å². The van der Waals surface area contributed by atoms with Crippen molar-refractivity contribution in [3.05, 3.63) is 53.3 Å². The van der Waals surface area contributed by atoms with Crippen LogP contribution in [-0.4, -0.2) is 70.4 Å². The standard InChI is InChI=1S/C23H33N5O2/c1-18-4-6-19(7-5-18)12-24-22(29)21-16-26(2)17-23(30-21)8-10-28(11-9-23)15-20-13-25-27(3)14-20/h4-7,13-14,21H,8-12,15-17H2,1-3H3,(H,24,29)/t21-/m1/s1. The predicted molar refractivity (Wildman–Crippen MR) is 116 cm³/mol. The summed E-state index contributed by atoms with van der Waals surface area (Å²) < 4.78 is 8.31. The molecule has 30 heavy (non-hydrogen) atoms. The minimum Gasteiger partial charge on any atom is -0.359 e. The molecule has 4 rings (SSSR count). The van der Waals surface area contributed by atoms with E-state index in [2.05, 4.69) is 64.6 Å². The summed E-state index contributed by atoms with van der Waals surface area (Å²) in [7, 11) is 4.04. The maximum atomic E-state index is 12.8. The lowest BCUT2D eigenvalue weighted by atomic mass is 9.88. The van der Waals surface area contributed by atoms with E-state index in [1.54, 1.807) is 0 Å². The van der Waals surface area contributed by atoms with Gasteiger partial charge in [0.25, 0.3) is 5.91 Å². The zero-order valence-electron chi connectivity index (χ0n) is 18.3. The molecule has 1 aromatic heterocycles. The van der Waals surface area contributed by atoms with Crippen molar-refractivity contribution >= 4 is 5.91 Å². The van der Waals surface area contributed by atoms with Crippen LogP contribution < -0.4 is 5.32 Å². The number of carbonyl (C=O) groups excluding carboxylic acids is 1. The van der Waals surface area contributed by atoms with E-state index in [1.165, 1.54) is 11.1 Å². The van der Waals surface area contributed by atoms with Crippen LogP contribution in [0.3, 0.4) is 0 Å². The van der Waals surface area contributed by atoms with Gasteiger partial charge in [0.2, 0.25) is 0 Å². The van der Waals surface area contributed by atoms with Gasteiger partial charge in [-0.1, -0.05) is 29.8 Å². The summed E-state index contributed by atoms with van der Waals surface area (Å²) in [5.41, 5.74) is 3.34. The Morgan fingerprint density at radius 2 is 1.93 bits per heavy atom. The van der Waals surface area contributed by atoms with Crippen LogP contribution in [-0.2, 0) is 29.7 Å². The molecule has 162 valence electrons. The minimum atomic E-state index is -0.418. The molecule has 0 bridgehead atoms. The number of morpholine rings is 1. The molecule has 2 aliphatic heterocycles. The number of aromatic nitrogens is 2. The quantitative estimate of drug-likeness (QED) is 0.812. The fourth-order valence-corrected chi connectivity index (χ4v) is 4.57.